The Bertz CT molecular complexity index is 1290. The number of hydrogen-bond acceptors (Lipinski definition) is 7. The molecule has 4 heterocycles. The third-order valence-electron chi connectivity index (χ3n) is 5.85. The van der Waals surface area contributed by atoms with Crippen LogP contribution >= 0.6 is 0 Å². The van der Waals surface area contributed by atoms with Crippen molar-refractivity contribution < 1.29 is 9.32 Å². The number of nitrogens with one attached hydrogen (secondary N) is 1. The molecule has 0 unspecified atom stereocenters. The van der Waals surface area contributed by atoms with E-state index < -0.39 is 0 Å². The molecule has 1 aliphatic carbocycles. The molecule has 5 rings (SSSR count). The smallest absolute Gasteiger partial charge is 0.273 e. The maximum absolute atomic E-state index is 12.6. The van der Waals surface area contributed by atoms with E-state index in [9.17, 15) is 9.59 Å². The van der Waals surface area contributed by atoms with Crippen LogP contribution < -0.4 is 10.9 Å². The Labute approximate surface area is 189 Å². The minimum atomic E-state index is -0.272. The molecule has 0 aromatic carbocycles. The highest BCUT2D eigenvalue weighted by molar-refractivity contribution is 5.93. The molecule has 0 saturated heterocycles. The fourth-order valence-corrected chi connectivity index (χ4v) is 4.11. The largest absolute Gasteiger partial charge is 0.355 e. The first-order chi connectivity index (χ1) is 16.2. The molecule has 9 heteroatoms. The summed E-state index contributed by atoms with van der Waals surface area (Å²) in [7, 11) is 0. The van der Waals surface area contributed by atoms with E-state index in [-0.39, 0.29) is 29.2 Å². The first-order valence-corrected chi connectivity index (χ1v) is 10.9. The molecule has 0 spiro atoms. The van der Waals surface area contributed by atoms with Crippen molar-refractivity contribution in [1.29, 1.82) is 0 Å². The van der Waals surface area contributed by atoms with Crippen LogP contribution in [0.3, 0.4) is 0 Å². The van der Waals surface area contributed by atoms with Crippen LogP contribution in [0.1, 0.15) is 42.2 Å². The highest BCUT2D eigenvalue weighted by Crippen LogP contribution is 2.28. The molecule has 4 aromatic rings. The van der Waals surface area contributed by atoms with Gasteiger partial charge < -0.3 is 9.84 Å². The summed E-state index contributed by atoms with van der Waals surface area (Å²) in [4.78, 5) is 33.3. The van der Waals surface area contributed by atoms with Crippen molar-refractivity contribution in [1.82, 2.24) is 30.2 Å². The number of amides is 1. The lowest BCUT2D eigenvalue weighted by molar-refractivity contribution is 0.0912. The van der Waals surface area contributed by atoms with Gasteiger partial charge in [0, 0.05) is 54.1 Å². The summed E-state index contributed by atoms with van der Waals surface area (Å²) in [5.41, 5.74) is 2.45. The summed E-state index contributed by atoms with van der Waals surface area (Å²) in [5.74, 6) is 0.224. The highest BCUT2D eigenvalue weighted by Gasteiger charge is 2.26. The summed E-state index contributed by atoms with van der Waals surface area (Å²) >= 11 is 0. The van der Waals surface area contributed by atoms with Gasteiger partial charge in [0.15, 0.2) is 11.5 Å². The number of carbonyl (C=O) groups is 1. The second-order valence-electron chi connectivity index (χ2n) is 8.04. The van der Waals surface area contributed by atoms with Crippen LogP contribution in [0.2, 0.25) is 0 Å². The van der Waals surface area contributed by atoms with Crippen molar-refractivity contribution in [2.24, 2.45) is 0 Å². The Balaban J connectivity index is 1.22. The average Bonchev–Trinajstić information content (AvgIpc) is 3.37. The fourth-order valence-electron chi connectivity index (χ4n) is 4.11. The molecule has 0 bridgehead atoms. The van der Waals surface area contributed by atoms with Crippen LogP contribution in [-0.2, 0) is 0 Å². The minimum Gasteiger partial charge on any atom is -0.355 e. The van der Waals surface area contributed by atoms with Gasteiger partial charge in [-0.2, -0.15) is 5.10 Å². The van der Waals surface area contributed by atoms with E-state index in [1.54, 1.807) is 53.7 Å². The van der Waals surface area contributed by atoms with Crippen molar-refractivity contribution in [2.75, 3.05) is 0 Å². The lowest BCUT2D eigenvalue weighted by Crippen LogP contribution is -2.39. The van der Waals surface area contributed by atoms with E-state index in [4.69, 9.17) is 4.52 Å². The van der Waals surface area contributed by atoms with E-state index >= 15 is 0 Å². The van der Waals surface area contributed by atoms with Gasteiger partial charge in [0.2, 0.25) is 0 Å². The molecular weight excluding hydrogens is 420 g/mol. The molecule has 33 heavy (non-hydrogen) atoms. The molecule has 1 N–H and O–H groups in total. The van der Waals surface area contributed by atoms with Crippen molar-refractivity contribution >= 4 is 5.91 Å². The molecule has 4 aromatic heterocycles. The van der Waals surface area contributed by atoms with Crippen LogP contribution in [0, 0.1) is 0 Å². The molecule has 166 valence electrons. The van der Waals surface area contributed by atoms with Gasteiger partial charge in [-0.1, -0.05) is 5.16 Å². The second-order valence-corrected chi connectivity index (χ2v) is 8.04. The van der Waals surface area contributed by atoms with Gasteiger partial charge in [-0.15, -0.1) is 0 Å². The molecule has 0 radical (unpaired) electrons. The first-order valence-electron chi connectivity index (χ1n) is 10.9. The maximum Gasteiger partial charge on any atom is 0.273 e. The Hall–Kier alpha value is -4.14. The van der Waals surface area contributed by atoms with Crippen LogP contribution in [0.4, 0.5) is 0 Å². The van der Waals surface area contributed by atoms with Crippen molar-refractivity contribution in [3.8, 4) is 22.6 Å². The monoisotopic (exact) mass is 442 g/mol. The number of nitrogens with zero attached hydrogens (tertiary/aromatic N) is 5. The van der Waals surface area contributed by atoms with Gasteiger partial charge in [0.25, 0.3) is 11.5 Å². The molecule has 1 saturated carbocycles. The molecule has 9 nitrogen and oxygen atoms in total. The van der Waals surface area contributed by atoms with E-state index in [0.29, 0.717) is 11.5 Å². The topological polar surface area (TPSA) is 116 Å². The van der Waals surface area contributed by atoms with Gasteiger partial charge in [0.1, 0.15) is 0 Å². The Kier molecular flexibility index (Phi) is 5.75. The quantitative estimate of drug-likeness (QED) is 0.504. The number of pyridine rings is 2. The van der Waals surface area contributed by atoms with E-state index in [1.165, 1.54) is 0 Å². The highest BCUT2D eigenvalue weighted by atomic mass is 16.5. The third kappa shape index (κ3) is 4.57. The van der Waals surface area contributed by atoms with Crippen LogP contribution in [0.15, 0.2) is 76.6 Å². The normalized spacial score (nSPS) is 18.1. The zero-order chi connectivity index (χ0) is 22.6. The van der Waals surface area contributed by atoms with Gasteiger partial charge in [-0.3, -0.25) is 19.6 Å². The van der Waals surface area contributed by atoms with Crippen molar-refractivity contribution in [2.45, 2.75) is 37.8 Å². The predicted octanol–water partition coefficient (Wildman–Crippen LogP) is 3.27. The number of aromatic nitrogens is 5. The molecule has 0 atom stereocenters. The molecule has 0 aliphatic heterocycles. The number of hydrogen-bond donors (Lipinski definition) is 1. The Morgan fingerprint density at radius 3 is 2.39 bits per heavy atom. The van der Waals surface area contributed by atoms with E-state index in [2.05, 4.69) is 25.5 Å². The number of rotatable bonds is 5. The summed E-state index contributed by atoms with van der Waals surface area (Å²) in [6, 6.07) is 12.3. The third-order valence-corrected chi connectivity index (χ3v) is 5.85. The standard InChI is InChI=1S/C24H22N6O3/c31-23-10-9-20(16-3-1-11-25-14-16)28-30(23)19-7-5-18(6-8-19)27-24(32)21-13-22(33-29-21)17-4-2-12-26-15-17/h1-4,9-15,18-19H,5-8H2,(H,27,32). The molecule has 1 amide bonds. The molecule has 1 fully saturated rings. The van der Waals surface area contributed by atoms with Gasteiger partial charge in [-0.05, 0) is 56.0 Å². The summed E-state index contributed by atoms with van der Waals surface area (Å²) in [6.07, 6.45) is 9.73. The Morgan fingerprint density at radius 2 is 1.70 bits per heavy atom. The molecule has 1 aliphatic rings. The predicted molar refractivity (Wildman–Crippen MR) is 120 cm³/mol. The number of carbonyl (C=O) groups excluding carboxylic acids is 1. The van der Waals surface area contributed by atoms with E-state index in [0.717, 1.165) is 36.8 Å². The zero-order valence-corrected chi connectivity index (χ0v) is 17.8. The van der Waals surface area contributed by atoms with Gasteiger partial charge >= 0.3 is 0 Å². The lowest BCUT2D eigenvalue weighted by Gasteiger charge is -2.29. The average molecular weight is 442 g/mol. The maximum atomic E-state index is 12.6. The van der Waals surface area contributed by atoms with Crippen LogP contribution in [-0.4, -0.2) is 36.9 Å². The van der Waals surface area contributed by atoms with Crippen LogP contribution in [0.25, 0.3) is 22.6 Å². The molecular formula is C24H22N6O3. The fraction of sp³-hybridized carbons (Fsp3) is 0.250. The van der Waals surface area contributed by atoms with E-state index in [1.807, 2.05) is 18.2 Å². The van der Waals surface area contributed by atoms with Crippen molar-refractivity contribution in [3.63, 3.8) is 0 Å². The lowest BCUT2D eigenvalue weighted by atomic mass is 9.91. The first kappa shape index (κ1) is 20.7. The Morgan fingerprint density at radius 1 is 0.970 bits per heavy atom. The van der Waals surface area contributed by atoms with Gasteiger partial charge in [0.05, 0.1) is 11.7 Å². The second kappa shape index (κ2) is 9.15. The van der Waals surface area contributed by atoms with Crippen LogP contribution in [0.5, 0.6) is 0 Å². The summed E-state index contributed by atoms with van der Waals surface area (Å²) < 4.78 is 6.86. The van der Waals surface area contributed by atoms with Gasteiger partial charge in [-0.25, -0.2) is 4.68 Å². The zero-order valence-electron chi connectivity index (χ0n) is 17.8. The van der Waals surface area contributed by atoms with Crippen molar-refractivity contribution in [3.05, 3.63) is 83.3 Å². The summed E-state index contributed by atoms with van der Waals surface area (Å²) in [6.45, 7) is 0. The summed E-state index contributed by atoms with van der Waals surface area (Å²) in [5, 5.41) is 11.5. The SMILES string of the molecule is O=C(NC1CCC(n2nc(-c3cccnc3)ccc2=O)CC1)c1cc(-c2cccnc2)on1. The minimum absolute atomic E-state index is 0.00417.